The molecule has 0 spiro atoms. The van der Waals surface area contributed by atoms with Crippen molar-refractivity contribution < 1.29 is 9.53 Å². The summed E-state index contributed by atoms with van der Waals surface area (Å²) in [5.41, 5.74) is 0.412. The predicted molar refractivity (Wildman–Crippen MR) is 104 cm³/mol. The molecule has 0 saturated heterocycles. The second-order valence-corrected chi connectivity index (χ2v) is 8.84. The zero-order valence-corrected chi connectivity index (χ0v) is 15.6. The van der Waals surface area contributed by atoms with Crippen molar-refractivity contribution in [2.24, 2.45) is 0 Å². The van der Waals surface area contributed by atoms with Gasteiger partial charge in [0.15, 0.2) is 9.79 Å². The number of carbonyl (C=O) groups is 1. The quantitative estimate of drug-likeness (QED) is 0.305. The zero-order valence-electron chi connectivity index (χ0n) is 14.7. The van der Waals surface area contributed by atoms with Gasteiger partial charge in [-0.1, -0.05) is 31.2 Å². The molecule has 2 aromatic carbocycles. The Bertz CT molecular complexity index is 715. The first-order valence-electron chi connectivity index (χ1n) is 8.91. The van der Waals surface area contributed by atoms with E-state index in [-0.39, 0.29) is 16.9 Å². The Labute approximate surface area is 153 Å². The largest absolute Gasteiger partial charge is 0.423 e. The second kappa shape index (κ2) is 8.39. The molecule has 3 heteroatoms. The molecule has 2 nitrogen and oxygen atoms in total. The number of esters is 1. The molecule has 0 bridgehead atoms. The first-order valence-corrected chi connectivity index (χ1v) is 10.2. The van der Waals surface area contributed by atoms with E-state index in [0.29, 0.717) is 16.6 Å². The Hall–Kier alpha value is -2.00. The fraction of sp³-hybridized carbons (Fsp3) is 0.318. The van der Waals surface area contributed by atoms with Gasteiger partial charge in [-0.05, 0) is 69.0 Å². The van der Waals surface area contributed by atoms with Gasteiger partial charge in [-0.3, -0.25) is 0 Å². The number of hydrogen-bond acceptors (Lipinski definition) is 2. The van der Waals surface area contributed by atoms with Crippen LogP contribution >= 0.6 is 0 Å². The van der Waals surface area contributed by atoms with Crippen molar-refractivity contribution in [3.05, 3.63) is 66.7 Å². The van der Waals surface area contributed by atoms with Gasteiger partial charge in [-0.2, -0.15) is 0 Å². The average molecular weight is 354 g/mol. The van der Waals surface area contributed by atoms with Crippen molar-refractivity contribution in [1.82, 2.24) is 0 Å². The summed E-state index contributed by atoms with van der Waals surface area (Å²) in [5, 5.41) is 0.708. The van der Waals surface area contributed by atoms with Gasteiger partial charge in [0.05, 0.1) is 10.9 Å². The third kappa shape index (κ3) is 4.55. The third-order valence-electron chi connectivity index (χ3n) is 4.52. The van der Waals surface area contributed by atoms with Gasteiger partial charge in [0.2, 0.25) is 0 Å². The van der Waals surface area contributed by atoms with Crippen LogP contribution in [0.1, 0.15) is 39.0 Å². The molecule has 1 atom stereocenters. The van der Waals surface area contributed by atoms with E-state index >= 15 is 0 Å². The molecule has 130 valence electrons. The van der Waals surface area contributed by atoms with Crippen LogP contribution in [0.25, 0.3) is 0 Å². The fourth-order valence-corrected chi connectivity index (χ4v) is 5.96. The maximum Gasteiger partial charge on any atom is 0.338 e. The molecular formula is C22H25O2S+. The van der Waals surface area contributed by atoms with Gasteiger partial charge in [0, 0.05) is 5.57 Å². The summed E-state index contributed by atoms with van der Waals surface area (Å²) in [6.45, 7) is 5.28. The van der Waals surface area contributed by atoms with Crippen molar-refractivity contribution in [1.29, 1.82) is 0 Å². The van der Waals surface area contributed by atoms with E-state index in [9.17, 15) is 4.79 Å². The van der Waals surface area contributed by atoms with Crippen molar-refractivity contribution in [2.75, 3.05) is 0 Å². The van der Waals surface area contributed by atoms with E-state index in [1.807, 2.05) is 12.1 Å². The Balaban J connectivity index is 1.85. The maximum absolute atomic E-state index is 11.7. The fourth-order valence-electron chi connectivity index (χ4n) is 3.24. The second-order valence-electron chi connectivity index (χ2n) is 6.55. The summed E-state index contributed by atoms with van der Waals surface area (Å²) in [6, 6.07) is 18.9. The highest BCUT2D eigenvalue weighted by molar-refractivity contribution is 7.97. The number of ether oxygens (including phenoxy) is 1. The number of rotatable bonds is 5. The van der Waals surface area contributed by atoms with Gasteiger partial charge in [-0.25, -0.2) is 4.79 Å². The summed E-state index contributed by atoms with van der Waals surface area (Å²) in [5.74, 6) is 0.207. The minimum Gasteiger partial charge on any atom is -0.423 e. The SMILES string of the molecule is C=C(C)C(=O)Oc1ccc([S+](c2ccccc2)C2CCCCC2)cc1. The minimum atomic E-state index is -0.373. The van der Waals surface area contributed by atoms with E-state index < -0.39 is 0 Å². The monoisotopic (exact) mass is 353 g/mol. The lowest BCUT2D eigenvalue weighted by atomic mass is 10.0. The van der Waals surface area contributed by atoms with Gasteiger partial charge >= 0.3 is 5.97 Å². The first-order chi connectivity index (χ1) is 12.1. The summed E-state index contributed by atoms with van der Waals surface area (Å²) < 4.78 is 5.33. The molecule has 3 rings (SSSR count). The Morgan fingerprint density at radius 1 is 0.960 bits per heavy atom. The highest BCUT2D eigenvalue weighted by Gasteiger charge is 2.36. The first kappa shape index (κ1) is 17.8. The van der Waals surface area contributed by atoms with Crippen LogP contribution in [0.4, 0.5) is 0 Å². The van der Waals surface area contributed by atoms with Gasteiger partial charge < -0.3 is 4.74 Å². The molecule has 0 aliphatic heterocycles. The summed E-state index contributed by atoms with van der Waals surface area (Å²) in [4.78, 5) is 14.4. The molecule has 1 unspecified atom stereocenters. The van der Waals surface area contributed by atoms with Gasteiger partial charge in [0.1, 0.15) is 11.0 Å². The van der Waals surface area contributed by atoms with E-state index in [1.165, 1.54) is 41.9 Å². The van der Waals surface area contributed by atoms with E-state index in [2.05, 4.69) is 49.0 Å². The third-order valence-corrected chi connectivity index (χ3v) is 7.22. The van der Waals surface area contributed by atoms with Gasteiger partial charge in [-0.15, -0.1) is 0 Å². The van der Waals surface area contributed by atoms with E-state index in [0.717, 1.165) is 0 Å². The highest BCUT2D eigenvalue weighted by Crippen LogP contribution is 2.36. The molecule has 1 saturated carbocycles. The predicted octanol–water partition coefficient (Wildman–Crippen LogP) is 5.54. The van der Waals surface area contributed by atoms with Crippen LogP contribution in [-0.4, -0.2) is 11.2 Å². The molecule has 0 amide bonds. The van der Waals surface area contributed by atoms with Crippen LogP contribution in [0.15, 0.2) is 76.5 Å². The molecule has 0 N–H and O–H groups in total. The lowest BCUT2D eigenvalue weighted by Gasteiger charge is -2.22. The molecular weight excluding hydrogens is 328 g/mol. The van der Waals surface area contributed by atoms with Crippen molar-refractivity contribution in [3.8, 4) is 5.75 Å². The molecule has 1 fully saturated rings. The molecule has 25 heavy (non-hydrogen) atoms. The summed E-state index contributed by atoms with van der Waals surface area (Å²) in [7, 11) is 0.0745. The molecule has 0 radical (unpaired) electrons. The number of carbonyl (C=O) groups excluding carboxylic acids is 1. The molecule has 0 heterocycles. The zero-order chi connectivity index (χ0) is 17.6. The van der Waals surface area contributed by atoms with Crippen LogP contribution in [-0.2, 0) is 15.7 Å². The molecule has 2 aromatic rings. The smallest absolute Gasteiger partial charge is 0.338 e. The number of hydrogen-bond donors (Lipinski definition) is 0. The summed E-state index contributed by atoms with van der Waals surface area (Å²) in [6.07, 6.45) is 6.61. The topological polar surface area (TPSA) is 26.3 Å². The van der Waals surface area contributed by atoms with E-state index in [1.54, 1.807) is 6.92 Å². The van der Waals surface area contributed by atoms with Crippen LogP contribution in [0.2, 0.25) is 0 Å². The number of benzene rings is 2. The Morgan fingerprint density at radius 2 is 1.56 bits per heavy atom. The van der Waals surface area contributed by atoms with Crippen LogP contribution in [0.3, 0.4) is 0 Å². The average Bonchev–Trinajstić information content (AvgIpc) is 2.65. The summed E-state index contributed by atoms with van der Waals surface area (Å²) >= 11 is 0. The van der Waals surface area contributed by atoms with Crippen molar-refractivity contribution in [3.63, 3.8) is 0 Å². The van der Waals surface area contributed by atoms with Crippen LogP contribution in [0.5, 0.6) is 5.75 Å². The lowest BCUT2D eigenvalue weighted by molar-refractivity contribution is -0.130. The van der Waals surface area contributed by atoms with Crippen molar-refractivity contribution >= 4 is 16.9 Å². The van der Waals surface area contributed by atoms with Crippen LogP contribution < -0.4 is 4.74 Å². The molecule has 1 aliphatic carbocycles. The lowest BCUT2D eigenvalue weighted by Crippen LogP contribution is -2.24. The normalized spacial score (nSPS) is 16.2. The minimum absolute atomic E-state index is 0.0745. The standard InChI is InChI=1S/C22H25O2S/c1-17(2)22(23)24-18-13-15-21(16-14-18)25(19-9-5-3-6-10-19)20-11-7-4-8-12-20/h3,5-6,9-10,13-16,20H,1,4,7-8,11-12H2,2H3/q+1. The highest BCUT2D eigenvalue weighted by atomic mass is 32.2. The maximum atomic E-state index is 11.7. The van der Waals surface area contributed by atoms with Crippen molar-refractivity contribution in [2.45, 2.75) is 54.1 Å². The molecule has 1 aliphatic rings. The molecule has 0 aromatic heterocycles. The van der Waals surface area contributed by atoms with Gasteiger partial charge in [0.25, 0.3) is 0 Å². The Morgan fingerprint density at radius 3 is 2.16 bits per heavy atom. The Kier molecular flexibility index (Phi) is 5.98. The van der Waals surface area contributed by atoms with Crippen LogP contribution in [0, 0.1) is 0 Å². The van der Waals surface area contributed by atoms with E-state index in [4.69, 9.17) is 4.74 Å².